The van der Waals surface area contributed by atoms with Crippen LogP contribution in [0.5, 0.6) is 0 Å². The van der Waals surface area contributed by atoms with Gasteiger partial charge in [0.25, 0.3) is 0 Å². The molecule has 0 aromatic heterocycles. The van der Waals surface area contributed by atoms with Gasteiger partial charge in [0.15, 0.2) is 0 Å². The van der Waals surface area contributed by atoms with Crippen molar-refractivity contribution in [3.05, 3.63) is 77.4 Å². The van der Waals surface area contributed by atoms with E-state index in [1.807, 2.05) is 23.1 Å². The van der Waals surface area contributed by atoms with Crippen molar-refractivity contribution >= 4 is 11.7 Å². The standard InChI is InChI=1S/C22H25N3O2/c1-17-7-9-18(10-8-17)16-23-21(26)25-13-11-22(12-14-25)15-20(24-27-22)19-5-3-2-4-6-19/h2-10,15,24H,11-14,16H2,1H3,(H,23,26). The molecule has 5 nitrogen and oxygen atoms in total. The van der Waals surface area contributed by atoms with Gasteiger partial charge in [-0.2, -0.15) is 0 Å². The van der Waals surface area contributed by atoms with Crippen LogP contribution in [0.25, 0.3) is 5.70 Å². The number of aryl methyl sites for hydroxylation is 1. The van der Waals surface area contributed by atoms with Gasteiger partial charge in [-0.1, -0.05) is 60.2 Å². The van der Waals surface area contributed by atoms with E-state index in [2.05, 4.69) is 60.2 Å². The molecule has 0 radical (unpaired) electrons. The van der Waals surface area contributed by atoms with E-state index in [1.54, 1.807) is 0 Å². The van der Waals surface area contributed by atoms with Crippen LogP contribution in [0.15, 0.2) is 60.7 Å². The summed E-state index contributed by atoms with van der Waals surface area (Å²) in [6, 6.07) is 18.4. The van der Waals surface area contributed by atoms with Gasteiger partial charge in [0.2, 0.25) is 0 Å². The number of amides is 2. The first-order chi connectivity index (χ1) is 13.1. The third-order valence-electron chi connectivity index (χ3n) is 5.32. The summed E-state index contributed by atoms with van der Waals surface area (Å²) >= 11 is 0. The molecule has 0 unspecified atom stereocenters. The summed E-state index contributed by atoms with van der Waals surface area (Å²) in [5.41, 5.74) is 7.21. The minimum atomic E-state index is -0.321. The van der Waals surface area contributed by atoms with Crippen LogP contribution < -0.4 is 10.8 Å². The van der Waals surface area contributed by atoms with Crippen molar-refractivity contribution in [2.24, 2.45) is 0 Å². The summed E-state index contributed by atoms with van der Waals surface area (Å²) in [4.78, 5) is 20.3. The van der Waals surface area contributed by atoms with E-state index in [4.69, 9.17) is 4.84 Å². The first kappa shape index (κ1) is 17.6. The fourth-order valence-corrected chi connectivity index (χ4v) is 3.57. The van der Waals surface area contributed by atoms with Gasteiger partial charge < -0.3 is 10.2 Å². The summed E-state index contributed by atoms with van der Waals surface area (Å²) in [7, 11) is 0. The zero-order chi connectivity index (χ0) is 18.7. The molecule has 5 heteroatoms. The minimum Gasteiger partial charge on any atom is -0.334 e. The smallest absolute Gasteiger partial charge is 0.317 e. The molecule has 2 aromatic carbocycles. The van der Waals surface area contributed by atoms with Crippen LogP contribution in [-0.4, -0.2) is 29.6 Å². The lowest BCUT2D eigenvalue weighted by Crippen LogP contribution is -2.49. The van der Waals surface area contributed by atoms with Gasteiger partial charge >= 0.3 is 6.03 Å². The number of piperidine rings is 1. The topological polar surface area (TPSA) is 53.6 Å². The first-order valence-electron chi connectivity index (χ1n) is 9.44. The molecule has 0 saturated carbocycles. The van der Waals surface area contributed by atoms with E-state index in [0.29, 0.717) is 19.6 Å². The molecular weight excluding hydrogens is 338 g/mol. The van der Waals surface area contributed by atoms with Crippen molar-refractivity contribution in [3.8, 4) is 0 Å². The molecule has 1 fully saturated rings. The summed E-state index contributed by atoms with van der Waals surface area (Å²) in [6.45, 7) is 3.97. The number of likely N-dealkylation sites (tertiary alicyclic amines) is 1. The van der Waals surface area contributed by atoms with E-state index in [-0.39, 0.29) is 11.6 Å². The quantitative estimate of drug-likeness (QED) is 0.876. The van der Waals surface area contributed by atoms with Gasteiger partial charge in [-0.05, 0) is 24.1 Å². The maximum atomic E-state index is 12.5. The number of carbonyl (C=O) groups excluding carboxylic acids is 1. The lowest BCUT2D eigenvalue weighted by atomic mass is 9.90. The number of rotatable bonds is 3. The lowest BCUT2D eigenvalue weighted by Gasteiger charge is -2.36. The number of nitrogens with zero attached hydrogens (tertiary/aromatic N) is 1. The van der Waals surface area contributed by atoms with Crippen molar-refractivity contribution in [2.45, 2.75) is 31.9 Å². The molecule has 0 atom stereocenters. The molecule has 0 aliphatic carbocycles. The van der Waals surface area contributed by atoms with Crippen LogP contribution in [0.3, 0.4) is 0 Å². The Morgan fingerprint density at radius 3 is 2.52 bits per heavy atom. The normalized spacial score (nSPS) is 18.1. The molecule has 27 heavy (non-hydrogen) atoms. The second-order valence-electron chi connectivity index (χ2n) is 7.32. The van der Waals surface area contributed by atoms with Gasteiger partial charge in [0.05, 0.1) is 5.70 Å². The van der Waals surface area contributed by atoms with Crippen LogP contribution >= 0.6 is 0 Å². The molecule has 2 N–H and O–H groups in total. The maximum absolute atomic E-state index is 12.5. The Balaban J connectivity index is 1.31. The molecule has 2 heterocycles. The average molecular weight is 363 g/mol. The highest BCUT2D eigenvalue weighted by Gasteiger charge is 2.39. The minimum absolute atomic E-state index is 0.0105. The lowest BCUT2D eigenvalue weighted by molar-refractivity contribution is -0.0639. The molecule has 4 rings (SSSR count). The van der Waals surface area contributed by atoms with Crippen LogP contribution in [0.2, 0.25) is 0 Å². The third-order valence-corrected chi connectivity index (χ3v) is 5.32. The Labute approximate surface area is 160 Å². The first-order valence-corrected chi connectivity index (χ1v) is 9.44. The van der Waals surface area contributed by atoms with Crippen LogP contribution in [0, 0.1) is 6.92 Å². The number of hydrogen-bond donors (Lipinski definition) is 2. The van der Waals surface area contributed by atoms with Crippen LogP contribution in [-0.2, 0) is 11.4 Å². The van der Waals surface area contributed by atoms with E-state index >= 15 is 0 Å². The number of hydroxylamine groups is 1. The molecule has 0 bridgehead atoms. The van der Waals surface area contributed by atoms with Crippen molar-refractivity contribution in [1.29, 1.82) is 0 Å². The highest BCUT2D eigenvalue weighted by atomic mass is 16.7. The molecule has 2 aromatic rings. The predicted octanol–water partition coefficient (Wildman–Crippen LogP) is 3.62. The Kier molecular flexibility index (Phi) is 4.86. The van der Waals surface area contributed by atoms with Crippen molar-refractivity contribution in [2.75, 3.05) is 13.1 Å². The van der Waals surface area contributed by atoms with Crippen molar-refractivity contribution < 1.29 is 9.63 Å². The van der Waals surface area contributed by atoms with Gasteiger partial charge in [0.1, 0.15) is 5.60 Å². The van der Waals surface area contributed by atoms with Gasteiger partial charge in [-0.3, -0.25) is 10.3 Å². The Bertz CT molecular complexity index is 822. The Morgan fingerprint density at radius 1 is 1.11 bits per heavy atom. The summed E-state index contributed by atoms with van der Waals surface area (Å²) < 4.78 is 0. The molecule has 2 aliphatic rings. The summed E-state index contributed by atoms with van der Waals surface area (Å²) in [6.07, 6.45) is 3.74. The number of hydrogen-bond acceptors (Lipinski definition) is 3. The molecule has 1 saturated heterocycles. The SMILES string of the molecule is Cc1ccc(CNC(=O)N2CCC3(C=C(c4ccccc4)NO3)CC2)cc1. The number of urea groups is 1. The second kappa shape index (κ2) is 7.45. The fourth-order valence-electron chi connectivity index (χ4n) is 3.57. The highest BCUT2D eigenvalue weighted by molar-refractivity contribution is 5.74. The Morgan fingerprint density at radius 2 is 1.81 bits per heavy atom. The number of carbonyl (C=O) groups is 1. The molecule has 2 amide bonds. The molecule has 1 spiro atoms. The number of nitrogens with one attached hydrogen (secondary N) is 2. The highest BCUT2D eigenvalue weighted by Crippen LogP contribution is 2.34. The second-order valence-corrected chi connectivity index (χ2v) is 7.32. The summed E-state index contributed by atoms with van der Waals surface area (Å²) in [5.74, 6) is 0. The zero-order valence-electron chi connectivity index (χ0n) is 15.6. The van der Waals surface area contributed by atoms with Gasteiger partial charge in [-0.15, -0.1) is 0 Å². The van der Waals surface area contributed by atoms with Gasteiger partial charge in [-0.25, -0.2) is 4.79 Å². The zero-order valence-corrected chi connectivity index (χ0v) is 15.6. The van der Waals surface area contributed by atoms with Crippen LogP contribution in [0.4, 0.5) is 4.79 Å². The maximum Gasteiger partial charge on any atom is 0.317 e. The van der Waals surface area contributed by atoms with Crippen molar-refractivity contribution in [1.82, 2.24) is 15.7 Å². The van der Waals surface area contributed by atoms with Gasteiger partial charge in [0, 0.05) is 32.5 Å². The predicted molar refractivity (Wildman–Crippen MR) is 106 cm³/mol. The third kappa shape index (κ3) is 3.98. The van der Waals surface area contributed by atoms with E-state index < -0.39 is 0 Å². The number of benzene rings is 2. The largest absolute Gasteiger partial charge is 0.334 e. The van der Waals surface area contributed by atoms with E-state index in [0.717, 1.165) is 29.7 Å². The fraction of sp³-hybridized carbons (Fsp3) is 0.318. The average Bonchev–Trinajstić information content (AvgIpc) is 3.12. The molecule has 2 aliphatic heterocycles. The molecular formula is C22H25N3O2. The van der Waals surface area contributed by atoms with E-state index in [1.165, 1.54) is 5.56 Å². The molecule has 140 valence electrons. The summed E-state index contributed by atoms with van der Waals surface area (Å²) in [5, 5.41) is 3.02. The van der Waals surface area contributed by atoms with Crippen molar-refractivity contribution in [3.63, 3.8) is 0 Å². The van der Waals surface area contributed by atoms with Crippen LogP contribution in [0.1, 0.15) is 29.5 Å². The van der Waals surface area contributed by atoms with E-state index in [9.17, 15) is 4.79 Å². The Hall–Kier alpha value is -2.79. The monoisotopic (exact) mass is 363 g/mol.